The van der Waals surface area contributed by atoms with E-state index in [9.17, 15) is 4.79 Å². The molecule has 0 saturated carbocycles. The number of hydrogen-bond donors (Lipinski definition) is 0. The van der Waals surface area contributed by atoms with Gasteiger partial charge in [0.2, 0.25) is 0 Å². The van der Waals surface area contributed by atoms with Crippen molar-refractivity contribution >= 4 is 5.78 Å². The minimum absolute atomic E-state index is 0.169. The Morgan fingerprint density at radius 1 is 1.17 bits per heavy atom. The number of ether oxygens (including phenoxy) is 1. The molecular formula is C16H20O2. The van der Waals surface area contributed by atoms with Gasteiger partial charge in [0, 0.05) is 12.5 Å². The van der Waals surface area contributed by atoms with E-state index in [0.717, 1.165) is 5.56 Å². The molecule has 2 rings (SSSR count). The van der Waals surface area contributed by atoms with Crippen molar-refractivity contribution in [2.75, 3.05) is 7.11 Å². The minimum atomic E-state index is -0.481. The van der Waals surface area contributed by atoms with Gasteiger partial charge in [-0.2, -0.15) is 0 Å². The Kier molecular flexibility index (Phi) is 3.16. The molecule has 0 spiro atoms. The van der Waals surface area contributed by atoms with Crippen LogP contribution in [-0.4, -0.2) is 12.9 Å². The fourth-order valence-corrected chi connectivity index (χ4v) is 2.53. The second-order valence-corrected chi connectivity index (χ2v) is 5.72. The molecule has 0 radical (unpaired) electrons. The van der Waals surface area contributed by atoms with Crippen LogP contribution in [0.15, 0.2) is 36.4 Å². The maximum absolute atomic E-state index is 11.9. The van der Waals surface area contributed by atoms with Gasteiger partial charge < -0.3 is 4.74 Å². The number of hydrogen-bond acceptors (Lipinski definition) is 2. The van der Waals surface area contributed by atoms with E-state index in [4.69, 9.17) is 4.74 Å². The van der Waals surface area contributed by atoms with Gasteiger partial charge in [0.25, 0.3) is 0 Å². The highest BCUT2D eigenvalue weighted by Gasteiger charge is 2.42. The Bertz CT molecular complexity index is 482. The summed E-state index contributed by atoms with van der Waals surface area (Å²) < 4.78 is 5.75. The summed E-state index contributed by atoms with van der Waals surface area (Å²) in [6.07, 6.45) is 4.23. The molecule has 0 saturated heterocycles. The van der Waals surface area contributed by atoms with Crippen molar-refractivity contribution in [1.82, 2.24) is 0 Å². The van der Waals surface area contributed by atoms with Crippen LogP contribution in [-0.2, 0) is 15.1 Å². The molecule has 1 atom stereocenters. The topological polar surface area (TPSA) is 26.3 Å². The average molecular weight is 244 g/mol. The van der Waals surface area contributed by atoms with Gasteiger partial charge in [0.05, 0.1) is 0 Å². The van der Waals surface area contributed by atoms with Crippen molar-refractivity contribution in [1.29, 1.82) is 0 Å². The lowest BCUT2D eigenvalue weighted by atomic mass is 9.70. The van der Waals surface area contributed by atoms with Gasteiger partial charge in [-0.25, -0.2) is 0 Å². The van der Waals surface area contributed by atoms with Crippen molar-refractivity contribution in [2.45, 2.75) is 32.8 Å². The number of benzene rings is 1. The third-order valence-corrected chi connectivity index (χ3v) is 3.78. The summed E-state index contributed by atoms with van der Waals surface area (Å²) in [6, 6.07) is 8.31. The average Bonchev–Trinajstić information content (AvgIpc) is 2.34. The molecule has 0 amide bonds. The Morgan fingerprint density at radius 3 is 2.28 bits per heavy atom. The second-order valence-electron chi connectivity index (χ2n) is 5.72. The number of ketones is 1. The van der Waals surface area contributed by atoms with Crippen LogP contribution < -0.4 is 0 Å². The summed E-state index contributed by atoms with van der Waals surface area (Å²) in [6.45, 7) is 6.01. The molecule has 18 heavy (non-hydrogen) atoms. The quantitative estimate of drug-likeness (QED) is 0.797. The van der Waals surface area contributed by atoms with Crippen molar-refractivity contribution in [3.8, 4) is 0 Å². The Balaban J connectivity index is 2.47. The Morgan fingerprint density at radius 2 is 1.78 bits per heavy atom. The van der Waals surface area contributed by atoms with E-state index in [0.29, 0.717) is 6.42 Å². The number of aryl methyl sites for hydroxylation is 1. The van der Waals surface area contributed by atoms with E-state index in [1.807, 2.05) is 19.9 Å². The molecule has 1 aromatic rings. The smallest absolute Gasteiger partial charge is 0.161 e. The summed E-state index contributed by atoms with van der Waals surface area (Å²) in [4.78, 5) is 11.9. The van der Waals surface area contributed by atoms with Gasteiger partial charge in [-0.3, -0.25) is 4.79 Å². The third-order valence-electron chi connectivity index (χ3n) is 3.78. The van der Waals surface area contributed by atoms with Crippen LogP contribution in [0.4, 0.5) is 0 Å². The van der Waals surface area contributed by atoms with Gasteiger partial charge in [0.1, 0.15) is 5.60 Å². The van der Waals surface area contributed by atoms with E-state index in [1.54, 1.807) is 13.2 Å². The number of allylic oxidation sites excluding steroid dienone is 1. The number of carbonyl (C=O) groups is 1. The van der Waals surface area contributed by atoms with Crippen LogP contribution >= 0.6 is 0 Å². The fraction of sp³-hybridized carbons (Fsp3) is 0.438. The first-order chi connectivity index (χ1) is 8.39. The van der Waals surface area contributed by atoms with Crippen LogP contribution in [0.1, 0.15) is 31.4 Å². The molecule has 1 aliphatic carbocycles. The molecule has 2 heteroatoms. The normalized spacial score (nSPS) is 26.3. The zero-order valence-electron chi connectivity index (χ0n) is 11.5. The largest absolute Gasteiger partial charge is 0.369 e. The molecule has 1 aromatic carbocycles. The molecule has 96 valence electrons. The summed E-state index contributed by atoms with van der Waals surface area (Å²) in [5, 5.41) is 0. The van der Waals surface area contributed by atoms with Gasteiger partial charge in [-0.15, -0.1) is 0 Å². The standard InChI is InChI=1S/C16H20O2/c1-12-5-7-13(8-6-12)16(18-4)10-9-14(17)15(2,3)11-16/h5-10H,11H2,1-4H3. The maximum atomic E-state index is 11.9. The van der Waals surface area contributed by atoms with Gasteiger partial charge in [0.15, 0.2) is 5.78 Å². The first-order valence-electron chi connectivity index (χ1n) is 6.26. The van der Waals surface area contributed by atoms with Crippen LogP contribution in [0, 0.1) is 12.3 Å². The molecule has 0 heterocycles. The van der Waals surface area contributed by atoms with Crippen LogP contribution in [0.3, 0.4) is 0 Å². The summed E-state index contributed by atoms with van der Waals surface area (Å²) in [5.74, 6) is 0.169. The van der Waals surface area contributed by atoms with Crippen molar-refractivity contribution in [3.63, 3.8) is 0 Å². The number of rotatable bonds is 2. The van der Waals surface area contributed by atoms with Crippen molar-refractivity contribution in [2.24, 2.45) is 5.41 Å². The second kappa shape index (κ2) is 4.36. The van der Waals surface area contributed by atoms with Gasteiger partial charge >= 0.3 is 0 Å². The highest BCUT2D eigenvalue weighted by Crippen LogP contribution is 2.42. The molecular weight excluding hydrogens is 224 g/mol. The maximum Gasteiger partial charge on any atom is 0.161 e. The highest BCUT2D eigenvalue weighted by molar-refractivity contribution is 5.95. The highest BCUT2D eigenvalue weighted by atomic mass is 16.5. The zero-order chi connectivity index (χ0) is 13.4. The number of carbonyl (C=O) groups excluding carboxylic acids is 1. The molecule has 0 aromatic heterocycles. The molecule has 1 aliphatic rings. The first kappa shape index (κ1) is 13.0. The zero-order valence-corrected chi connectivity index (χ0v) is 11.5. The van der Waals surface area contributed by atoms with Crippen molar-refractivity contribution < 1.29 is 9.53 Å². The summed E-state index contributed by atoms with van der Waals surface area (Å²) >= 11 is 0. The van der Waals surface area contributed by atoms with Crippen molar-refractivity contribution in [3.05, 3.63) is 47.5 Å². The van der Waals surface area contributed by atoms with E-state index in [-0.39, 0.29) is 11.2 Å². The van der Waals surface area contributed by atoms with Gasteiger partial charge in [-0.05, 0) is 31.1 Å². The molecule has 0 N–H and O–H groups in total. The predicted molar refractivity (Wildman–Crippen MR) is 72.4 cm³/mol. The van der Waals surface area contributed by atoms with E-state index >= 15 is 0 Å². The third kappa shape index (κ3) is 2.13. The summed E-state index contributed by atoms with van der Waals surface area (Å²) in [7, 11) is 1.70. The van der Waals surface area contributed by atoms with Crippen LogP contribution in [0.5, 0.6) is 0 Å². The molecule has 0 fully saturated rings. The SMILES string of the molecule is COC1(c2ccc(C)cc2)C=CC(=O)C(C)(C)C1. The molecule has 0 bridgehead atoms. The molecule has 1 unspecified atom stereocenters. The lowest BCUT2D eigenvalue weighted by Crippen LogP contribution is -2.39. The minimum Gasteiger partial charge on any atom is -0.369 e. The van der Waals surface area contributed by atoms with E-state index < -0.39 is 5.60 Å². The Hall–Kier alpha value is -1.41. The number of methoxy groups -OCH3 is 1. The first-order valence-corrected chi connectivity index (χ1v) is 6.26. The lowest BCUT2D eigenvalue weighted by molar-refractivity contribution is -0.127. The molecule has 0 aliphatic heterocycles. The predicted octanol–water partition coefficient (Wildman–Crippen LogP) is 3.39. The van der Waals surface area contributed by atoms with E-state index in [2.05, 4.69) is 31.2 Å². The van der Waals surface area contributed by atoms with Gasteiger partial charge in [-0.1, -0.05) is 43.7 Å². The van der Waals surface area contributed by atoms with E-state index in [1.165, 1.54) is 5.56 Å². The fourth-order valence-electron chi connectivity index (χ4n) is 2.53. The lowest BCUT2D eigenvalue weighted by Gasteiger charge is -2.39. The molecule has 2 nitrogen and oxygen atoms in total. The summed E-state index contributed by atoms with van der Waals surface area (Å²) in [5.41, 5.74) is 1.47. The monoisotopic (exact) mass is 244 g/mol. The van der Waals surface area contributed by atoms with Crippen LogP contribution in [0.25, 0.3) is 0 Å². The van der Waals surface area contributed by atoms with Crippen LogP contribution in [0.2, 0.25) is 0 Å². The Labute approximate surface area is 109 Å².